The van der Waals surface area contributed by atoms with Gasteiger partial charge in [0.25, 0.3) is 0 Å². The smallest absolute Gasteiger partial charge is 0.142 e. The minimum Gasteiger partial charge on any atom is -0.490 e. The van der Waals surface area contributed by atoms with E-state index in [1.807, 2.05) is 50.4 Å². The van der Waals surface area contributed by atoms with E-state index in [0.29, 0.717) is 13.2 Å². The molecule has 2 aromatic rings. The molecule has 0 aliphatic carbocycles. The van der Waals surface area contributed by atoms with Crippen molar-refractivity contribution in [1.29, 1.82) is 0 Å². The van der Waals surface area contributed by atoms with Gasteiger partial charge in [-0.3, -0.25) is 4.90 Å². The molecule has 0 spiro atoms. The van der Waals surface area contributed by atoms with Gasteiger partial charge in [0, 0.05) is 13.1 Å². The number of likely N-dealkylation sites (N-methyl/N-ethyl adjacent to an activating group) is 1. The van der Waals surface area contributed by atoms with E-state index in [0.717, 1.165) is 35.7 Å². The molecule has 0 aliphatic rings. The van der Waals surface area contributed by atoms with E-state index >= 15 is 0 Å². The maximum atomic E-state index is 12.9. The zero-order chi connectivity index (χ0) is 20.2. The van der Waals surface area contributed by atoms with Crippen LogP contribution in [-0.4, -0.2) is 37.4 Å². The second-order valence-electron chi connectivity index (χ2n) is 6.39. The van der Waals surface area contributed by atoms with E-state index in [-0.39, 0.29) is 5.82 Å². The van der Waals surface area contributed by atoms with E-state index in [9.17, 15) is 4.39 Å². The molecule has 0 amide bonds. The molecular weight excluding hydrogens is 355 g/mol. The van der Waals surface area contributed by atoms with Crippen LogP contribution in [-0.2, 0) is 11.4 Å². The van der Waals surface area contributed by atoms with Gasteiger partial charge < -0.3 is 9.57 Å². The first-order valence-electron chi connectivity index (χ1n) is 9.17. The average molecular weight is 382 g/mol. The van der Waals surface area contributed by atoms with E-state index in [2.05, 4.69) is 22.7 Å². The molecule has 2 aromatic carbocycles. The van der Waals surface area contributed by atoms with E-state index in [1.165, 1.54) is 12.1 Å². The fourth-order valence-corrected chi connectivity index (χ4v) is 2.39. The Bertz CT molecular complexity index is 783. The second-order valence-corrected chi connectivity index (χ2v) is 6.39. The van der Waals surface area contributed by atoms with Crippen LogP contribution in [0.2, 0.25) is 0 Å². The van der Waals surface area contributed by atoms with Crippen LogP contribution in [0.15, 0.2) is 78.5 Å². The topological polar surface area (TPSA) is 34.1 Å². The molecule has 0 saturated carbocycles. The van der Waals surface area contributed by atoms with Gasteiger partial charge in [-0.25, -0.2) is 4.39 Å². The number of rotatable bonds is 11. The minimum absolute atomic E-state index is 0.263. The number of ether oxygens (including phenoxy) is 1. The van der Waals surface area contributed by atoms with Crippen molar-refractivity contribution in [2.75, 3.05) is 26.7 Å². The summed E-state index contributed by atoms with van der Waals surface area (Å²) < 4.78 is 18.6. The molecule has 0 unspecified atom stereocenters. The van der Waals surface area contributed by atoms with Crippen molar-refractivity contribution < 1.29 is 14.0 Å². The number of oxime groups is 1. The van der Waals surface area contributed by atoms with Gasteiger partial charge in [0.2, 0.25) is 0 Å². The van der Waals surface area contributed by atoms with Crippen LogP contribution >= 0.6 is 0 Å². The van der Waals surface area contributed by atoms with Crippen LogP contribution in [0.25, 0.3) is 0 Å². The summed E-state index contributed by atoms with van der Waals surface area (Å²) in [6, 6.07) is 13.9. The van der Waals surface area contributed by atoms with Crippen LogP contribution in [0, 0.1) is 5.82 Å². The Morgan fingerprint density at radius 3 is 2.46 bits per heavy atom. The monoisotopic (exact) mass is 382 g/mol. The lowest BCUT2D eigenvalue weighted by atomic mass is 10.1. The average Bonchev–Trinajstić information content (AvgIpc) is 2.70. The van der Waals surface area contributed by atoms with Crippen molar-refractivity contribution in [2.24, 2.45) is 5.16 Å². The molecule has 0 bridgehead atoms. The molecule has 5 heteroatoms. The highest BCUT2D eigenvalue weighted by Gasteiger charge is 2.00. The lowest BCUT2D eigenvalue weighted by Crippen LogP contribution is -2.17. The summed E-state index contributed by atoms with van der Waals surface area (Å²) in [6.07, 6.45) is 5.96. The van der Waals surface area contributed by atoms with Gasteiger partial charge in [-0.15, -0.1) is 6.58 Å². The van der Waals surface area contributed by atoms with Gasteiger partial charge in [0.15, 0.2) is 0 Å². The molecule has 0 fully saturated rings. The molecule has 28 heavy (non-hydrogen) atoms. The molecular formula is C23H27FN2O2. The van der Waals surface area contributed by atoms with Gasteiger partial charge >= 0.3 is 0 Å². The highest BCUT2D eigenvalue weighted by atomic mass is 19.1. The van der Waals surface area contributed by atoms with Crippen molar-refractivity contribution in [3.8, 4) is 5.75 Å². The Morgan fingerprint density at radius 1 is 1.07 bits per heavy atom. The minimum atomic E-state index is -0.263. The first-order chi connectivity index (χ1) is 13.6. The number of nitrogens with zero attached hydrogens (tertiary/aromatic N) is 2. The van der Waals surface area contributed by atoms with Crippen LogP contribution in [0.1, 0.15) is 18.1 Å². The number of hydrogen-bond donors (Lipinski definition) is 0. The van der Waals surface area contributed by atoms with Crippen LogP contribution < -0.4 is 4.74 Å². The van der Waals surface area contributed by atoms with E-state index < -0.39 is 0 Å². The Labute approximate surface area is 166 Å². The zero-order valence-corrected chi connectivity index (χ0v) is 16.5. The molecule has 148 valence electrons. The van der Waals surface area contributed by atoms with Gasteiger partial charge in [0.1, 0.15) is 24.8 Å². The first-order valence-corrected chi connectivity index (χ1v) is 9.17. The van der Waals surface area contributed by atoms with Gasteiger partial charge in [-0.05, 0) is 61.5 Å². The normalized spacial score (nSPS) is 11.8. The maximum absolute atomic E-state index is 12.9. The molecule has 0 atom stereocenters. The Morgan fingerprint density at radius 2 is 1.79 bits per heavy atom. The second kappa shape index (κ2) is 11.7. The predicted molar refractivity (Wildman–Crippen MR) is 112 cm³/mol. The Kier molecular flexibility index (Phi) is 8.95. The number of benzene rings is 2. The molecule has 4 nitrogen and oxygen atoms in total. The predicted octanol–water partition coefficient (Wildman–Crippen LogP) is 4.82. The van der Waals surface area contributed by atoms with Crippen LogP contribution in [0.4, 0.5) is 4.39 Å². The summed E-state index contributed by atoms with van der Waals surface area (Å²) in [7, 11) is 2.04. The number of hydrogen-bond acceptors (Lipinski definition) is 4. The molecule has 0 aromatic heterocycles. The largest absolute Gasteiger partial charge is 0.490 e. The fourth-order valence-electron chi connectivity index (χ4n) is 2.39. The summed E-state index contributed by atoms with van der Waals surface area (Å²) in [5.74, 6) is 0.536. The van der Waals surface area contributed by atoms with E-state index in [4.69, 9.17) is 9.57 Å². The summed E-state index contributed by atoms with van der Waals surface area (Å²) in [5.41, 5.74) is 2.58. The van der Waals surface area contributed by atoms with Crippen molar-refractivity contribution in [1.82, 2.24) is 4.90 Å². The lowest BCUT2D eigenvalue weighted by Gasteiger charge is -2.10. The van der Waals surface area contributed by atoms with Crippen molar-refractivity contribution in [3.05, 3.63) is 90.3 Å². The molecule has 0 N–H and O–H groups in total. The van der Waals surface area contributed by atoms with Gasteiger partial charge in [0.05, 0.1) is 5.71 Å². The highest BCUT2D eigenvalue weighted by Crippen LogP contribution is 2.13. The Balaban J connectivity index is 1.76. The standard InChI is InChI=1S/C23H27FN2O2/c1-4-15-26(3)16-5-6-17-27-23-13-9-21(10-14-23)19(2)25-28-18-20-7-11-22(24)12-8-20/h4-14H,1,15-18H2,2-3H3. The summed E-state index contributed by atoms with van der Waals surface area (Å²) in [5, 5.41) is 4.12. The molecule has 2 rings (SSSR count). The third kappa shape index (κ3) is 7.76. The van der Waals surface area contributed by atoms with E-state index in [1.54, 1.807) is 12.1 Å². The third-order valence-electron chi connectivity index (χ3n) is 3.99. The van der Waals surface area contributed by atoms with Crippen LogP contribution in [0.3, 0.4) is 0 Å². The molecule has 0 saturated heterocycles. The molecule has 0 aliphatic heterocycles. The van der Waals surface area contributed by atoms with Crippen molar-refractivity contribution in [2.45, 2.75) is 13.5 Å². The van der Waals surface area contributed by atoms with Crippen LogP contribution in [0.5, 0.6) is 5.75 Å². The van der Waals surface area contributed by atoms with Crippen molar-refractivity contribution in [3.63, 3.8) is 0 Å². The quantitative estimate of drug-likeness (QED) is 0.317. The maximum Gasteiger partial charge on any atom is 0.142 e. The molecule has 0 radical (unpaired) electrons. The summed E-state index contributed by atoms with van der Waals surface area (Å²) in [4.78, 5) is 7.50. The zero-order valence-electron chi connectivity index (χ0n) is 16.5. The summed E-state index contributed by atoms with van der Waals surface area (Å²) >= 11 is 0. The lowest BCUT2D eigenvalue weighted by molar-refractivity contribution is 0.130. The SMILES string of the molecule is C=CCN(C)CC=CCOc1ccc(C(C)=NOCc2ccc(F)cc2)cc1. The summed E-state index contributed by atoms with van der Waals surface area (Å²) in [6.45, 7) is 8.14. The number of halogens is 1. The molecule has 0 heterocycles. The first kappa shape index (κ1) is 21.4. The highest BCUT2D eigenvalue weighted by molar-refractivity contribution is 5.98. The van der Waals surface area contributed by atoms with Crippen molar-refractivity contribution >= 4 is 5.71 Å². The van der Waals surface area contributed by atoms with Gasteiger partial charge in [-0.1, -0.05) is 35.5 Å². The Hall–Kier alpha value is -2.92. The van der Waals surface area contributed by atoms with Gasteiger partial charge in [-0.2, -0.15) is 0 Å². The third-order valence-corrected chi connectivity index (χ3v) is 3.99. The fraction of sp³-hybridized carbons (Fsp3) is 0.261.